The van der Waals surface area contributed by atoms with Crippen molar-refractivity contribution < 1.29 is 14.3 Å². The zero-order valence-corrected chi connectivity index (χ0v) is 14.4. The zero-order valence-electron chi connectivity index (χ0n) is 14.4. The number of hydrogen-bond donors (Lipinski definition) is 1. The quantitative estimate of drug-likeness (QED) is 0.878. The van der Waals surface area contributed by atoms with Crippen molar-refractivity contribution in [1.29, 1.82) is 0 Å². The van der Waals surface area contributed by atoms with Gasteiger partial charge in [0.25, 0.3) is 5.91 Å². The van der Waals surface area contributed by atoms with E-state index in [0.29, 0.717) is 23.5 Å². The van der Waals surface area contributed by atoms with E-state index in [2.05, 4.69) is 10.3 Å². The van der Waals surface area contributed by atoms with Crippen molar-refractivity contribution in [2.24, 2.45) is 5.92 Å². The van der Waals surface area contributed by atoms with Gasteiger partial charge in [-0.1, -0.05) is 6.07 Å². The maximum absolute atomic E-state index is 12.6. The molecule has 1 N–H and O–H groups in total. The molecular formula is C19H21N3O3. The van der Waals surface area contributed by atoms with Crippen molar-refractivity contribution in [3.8, 4) is 5.75 Å². The molecule has 0 spiro atoms. The average molecular weight is 339 g/mol. The fourth-order valence-corrected chi connectivity index (χ4v) is 2.48. The molecule has 0 saturated heterocycles. The highest BCUT2D eigenvalue weighted by Gasteiger charge is 2.29. The number of hydrogen-bond acceptors (Lipinski definition) is 4. The lowest BCUT2D eigenvalue weighted by Gasteiger charge is -2.17. The first-order valence-electron chi connectivity index (χ1n) is 8.22. The molecular weight excluding hydrogens is 318 g/mol. The number of amides is 2. The monoisotopic (exact) mass is 339 g/mol. The number of ether oxygens (including phenoxy) is 1. The first-order valence-corrected chi connectivity index (χ1v) is 8.22. The van der Waals surface area contributed by atoms with Gasteiger partial charge in [0.15, 0.2) is 0 Å². The lowest BCUT2D eigenvalue weighted by molar-refractivity contribution is -0.117. The molecule has 1 aromatic heterocycles. The van der Waals surface area contributed by atoms with Crippen LogP contribution in [0.2, 0.25) is 0 Å². The van der Waals surface area contributed by atoms with Gasteiger partial charge in [0, 0.05) is 24.2 Å². The molecule has 130 valence electrons. The molecule has 2 amide bonds. The molecule has 6 heteroatoms. The summed E-state index contributed by atoms with van der Waals surface area (Å²) in [4.78, 5) is 30.3. The van der Waals surface area contributed by atoms with Crippen LogP contribution in [0.25, 0.3) is 0 Å². The van der Waals surface area contributed by atoms with Crippen LogP contribution >= 0.6 is 0 Å². The third-order valence-electron chi connectivity index (χ3n) is 4.10. The number of pyridine rings is 1. The van der Waals surface area contributed by atoms with Gasteiger partial charge in [-0.05, 0) is 43.2 Å². The van der Waals surface area contributed by atoms with Gasteiger partial charge in [0.05, 0.1) is 25.5 Å². The molecule has 0 unspecified atom stereocenters. The predicted molar refractivity (Wildman–Crippen MR) is 94.4 cm³/mol. The minimum atomic E-state index is -0.125. The first-order chi connectivity index (χ1) is 12.1. The maximum Gasteiger partial charge on any atom is 0.254 e. The molecule has 0 radical (unpaired) electrons. The molecule has 1 fully saturated rings. The van der Waals surface area contributed by atoms with Gasteiger partial charge >= 0.3 is 0 Å². The third-order valence-corrected chi connectivity index (χ3v) is 4.10. The van der Waals surface area contributed by atoms with Crippen LogP contribution in [-0.2, 0) is 11.3 Å². The number of carbonyl (C=O) groups is 2. The van der Waals surface area contributed by atoms with Crippen molar-refractivity contribution >= 4 is 17.5 Å². The van der Waals surface area contributed by atoms with E-state index in [9.17, 15) is 9.59 Å². The van der Waals surface area contributed by atoms with Crippen LogP contribution in [-0.4, -0.2) is 35.9 Å². The zero-order chi connectivity index (χ0) is 17.8. The number of carbonyl (C=O) groups excluding carboxylic acids is 2. The van der Waals surface area contributed by atoms with E-state index in [0.717, 1.165) is 18.5 Å². The second-order valence-electron chi connectivity index (χ2n) is 6.19. The van der Waals surface area contributed by atoms with Gasteiger partial charge in [-0.3, -0.25) is 14.6 Å². The fourth-order valence-electron chi connectivity index (χ4n) is 2.48. The van der Waals surface area contributed by atoms with Gasteiger partial charge in [0.2, 0.25) is 5.91 Å². The normalized spacial score (nSPS) is 13.2. The van der Waals surface area contributed by atoms with Gasteiger partial charge in [-0.25, -0.2) is 0 Å². The lowest BCUT2D eigenvalue weighted by Crippen LogP contribution is -2.26. The van der Waals surface area contributed by atoms with Gasteiger partial charge in [-0.2, -0.15) is 0 Å². The maximum atomic E-state index is 12.6. The minimum absolute atomic E-state index is 0.0281. The van der Waals surface area contributed by atoms with E-state index < -0.39 is 0 Å². The summed E-state index contributed by atoms with van der Waals surface area (Å²) in [7, 11) is 3.31. The number of benzene rings is 1. The average Bonchev–Trinajstić information content (AvgIpc) is 3.47. The van der Waals surface area contributed by atoms with E-state index >= 15 is 0 Å². The van der Waals surface area contributed by atoms with E-state index in [4.69, 9.17) is 4.74 Å². The second-order valence-corrected chi connectivity index (χ2v) is 6.19. The van der Waals surface area contributed by atoms with Crippen molar-refractivity contribution in [1.82, 2.24) is 9.88 Å². The Kier molecular flexibility index (Phi) is 4.97. The number of methoxy groups -OCH3 is 1. The Morgan fingerprint density at radius 3 is 2.72 bits per heavy atom. The van der Waals surface area contributed by atoms with E-state index in [1.165, 1.54) is 0 Å². The number of aromatic nitrogens is 1. The van der Waals surface area contributed by atoms with Crippen LogP contribution in [0.4, 0.5) is 5.69 Å². The SMILES string of the molecule is COc1ccc(CN(C)C(=O)c2cccc(NC(=O)C3CC3)c2)nc1. The molecule has 3 rings (SSSR count). The predicted octanol–water partition coefficient (Wildman–Crippen LogP) is 2.71. The minimum Gasteiger partial charge on any atom is -0.495 e. The van der Waals surface area contributed by atoms with E-state index in [1.807, 2.05) is 12.1 Å². The molecule has 1 aliphatic carbocycles. The Balaban J connectivity index is 1.65. The van der Waals surface area contributed by atoms with Crippen LogP contribution in [0.3, 0.4) is 0 Å². The van der Waals surface area contributed by atoms with Crippen LogP contribution in [0, 0.1) is 5.92 Å². The first kappa shape index (κ1) is 17.0. The van der Waals surface area contributed by atoms with Crippen LogP contribution in [0.1, 0.15) is 28.9 Å². The van der Waals surface area contributed by atoms with Crippen molar-refractivity contribution in [3.05, 3.63) is 53.9 Å². The summed E-state index contributed by atoms with van der Waals surface area (Å²) in [5.74, 6) is 0.709. The molecule has 0 bridgehead atoms. The van der Waals surface area contributed by atoms with Crippen molar-refractivity contribution in [2.75, 3.05) is 19.5 Å². The fraction of sp³-hybridized carbons (Fsp3) is 0.316. The Labute approximate surface area is 146 Å². The molecule has 1 aliphatic rings. The number of nitrogens with zero attached hydrogens (tertiary/aromatic N) is 2. The van der Waals surface area contributed by atoms with Crippen LogP contribution in [0.5, 0.6) is 5.75 Å². The topological polar surface area (TPSA) is 71.5 Å². The largest absolute Gasteiger partial charge is 0.495 e. The van der Waals surface area contributed by atoms with Gasteiger partial charge < -0.3 is 15.0 Å². The Bertz CT molecular complexity index is 770. The number of anilines is 1. The molecule has 1 saturated carbocycles. The summed E-state index contributed by atoms with van der Waals surface area (Å²) >= 11 is 0. The summed E-state index contributed by atoms with van der Waals surface area (Å²) < 4.78 is 5.08. The summed E-state index contributed by atoms with van der Waals surface area (Å²) in [5, 5.41) is 2.86. The van der Waals surface area contributed by atoms with Crippen LogP contribution in [0.15, 0.2) is 42.6 Å². The van der Waals surface area contributed by atoms with Gasteiger partial charge in [0.1, 0.15) is 5.75 Å². The summed E-state index contributed by atoms with van der Waals surface area (Å²) in [6.45, 7) is 0.390. The highest BCUT2D eigenvalue weighted by Crippen LogP contribution is 2.30. The Morgan fingerprint density at radius 1 is 1.28 bits per heavy atom. The second kappa shape index (κ2) is 7.34. The smallest absolute Gasteiger partial charge is 0.254 e. The molecule has 25 heavy (non-hydrogen) atoms. The van der Waals surface area contributed by atoms with E-state index in [-0.39, 0.29) is 17.7 Å². The molecule has 1 aromatic carbocycles. The third kappa shape index (κ3) is 4.35. The standard InChI is InChI=1S/C19H21N3O3/c1-22(12-16-8-9-17(25-2)11-20-16)19(24)14-4-3-5-15(10-14)21-18(23)13-6-7-13/h3-5,8-11,13H,6-7,12H2,1-2H3,(H,21,23). The molecule has 6 nitrogen and oxygen atoms in total. The molecule has 0 atom stereocenters. The van der Waals surface area contributed by atoms with Crippen molar-refractivity contribution in [3.63, 3.8) is 0 Å². The highest BCUT2D eigenvalue weighted by molar-refractivity contribution is 5.98. The van der Waals surface area contributed by atoms with E-state index in [1.54, 1.807) is 49.5 Å². The Hall–Kier alpha value is -2.89. The summed E-state index contributed by atoms with van der Waals surface area (Å²) in [6, 6.07) is 10.7. The number of rotatable bonds is 6. The number of nitrogens with one attached hydrogen (secondary N) is 1. The summed E-state index contributed by atoms with van der Waals surface area (Å²) in [6.07, 6.45) is 3.52. The molecule has 2 aromatic rings. The molecule has 0 aliphatic heterocycles. The van der Waals surface area contributed by atoms with Crippen LogP contribution < -0.4 is 10.1 Å². The van der Waals surface area contributed by atoms with Crippen molar-refractivity contribution in [2.45, 2.75) is 19.4 Å². The highest BCUT2D eigenvalue weighted by atomic mass is 16.5. The Morgan fingerprint density at radius 2 is 2.08 bits per heavy atom. The van der Waals surface area contributed by atoms with Gasteiger partial charge in [-0.15, -0.1) is 0 Å². The summed E-state index contributed by atoms with van der Waals surface area (Å²) in [5.41, 5.74) is 1.96. The molecule has 1 heterocycles. The lowest BCUT2D eigenvalue weighted by atomic mass is 10.1.